The Balaban J connectivity index is 2.81. The van der Waals surface area contributed by atoms with E-state index in [0.717, 1.165) is 5.57 Å². The minimum Gasteiger partial charge on any atom is -0.335 e. The molecule has 4 nitrogen and oxygen atoms in total. The van der Waals surface area contributed by atoms with Gasteiger partial charge in [0.25, 0.3) is 11.8 Å². The van der Waals surface area contributed by atoms with Crippen LogP contribution in [0.2, 0.25) is 0 Å². The summed E-state index contributed by atoms with van der Waals surface area (Å²) in [5.74, 6) is -0.305. The van der Waals surface area contributed by atoms with Crippen LogP contribution in [0.25, 0.3) is 0 Å². The summed E-state index contributed by atoms with van der Waals surface area (Å²) in [5.41, 5.74) is 2.46. The molecule has 23 heavy (non-hydrogen) atoms. The third-order valence-electron chi connectivity index (χ3n) is 3.59. The Morgan fingerprint density at radius 3 is 2.35 bits per heavy atom. The lowest BCUT2D eigenvalue weighted by Gasteiger charge is -2.19. The molecule has 0 bridgehead atoms. The van der Waals surface area contributed by atoms with E-state index < -0.39 is 0 Å². The van der Waals surface area contributed by atoms with Crippen LogP contribution in [0.4, 0.5) is 5.69 Å². The standard InChI is InChI=1S/C19H24N2O2/c1-6-13-21(8-3)19(23)16-9-11-17(12-10-16)20-18(22)15(5)14(4)7-2/h6-7,9-12H,1,5,8,13H2,2-4H3,(H,20,22)/b14-7-. The molecule has 1 N–H and O–H groups in total. The van der Waals surface area contributed by atoms with Gasteiger partial charge in [0.2, 0.25) is 0 Å². The number of allylic oxidation sites excluding steroid dienone is 1. The van der Waals surface area contributed by atoms with E-state index in [0.29, 0.717) is 29.9 Å². The molecule has 4 heteroatoms. The molecular weight excluding hydrogens is 288 g/mol. The number of amides is 2. The van der Waals surface area contributed by atoms with E-state index in [1.807, 2.05) is 26.8 Å². The van der Waals surface area contributed by atoms with E-state index in [2.05, 4.69) is 18.5 Å². The van der Waals surface area contributed by atoms with Gasteiger partial charge in [-0.2, -0.15) is 0 Å². The number of nitrogens with zero attached hydrogens (tertiary/aromatic N) is 1. The lowest BCUT2D eigenvalue weighted by atomic mass is 10.1. The summed E-state index contributed by atoms with van der Waals surface area (Å²) in [4.78, 5) is 26.0. The molecule has 2 amide bonds. The third kappa shape index (κ3) is 4.95. The summed E-state index contributed by atoms with van der Waals surface area (Å²) in [5, 5.41) is 2.77. The van der Waals surface area contributed by atoms with Gasteiger partial charge < -0.3 is 10.2 Å². The molecule has 0 radical (unpaired) electrons. The van der Waals surface area contributed by atoms with E-state index in [9.17, 15) is 9.59 Å². The topological polar surface area (TPSA) is 49.4 Å². The quantitative estimate of drug-likeness (QED) is 0.473. The van der Waals surface area contributed by atoms with E-state index in [1.54, 1.807) is 35.2 Å². The van der Waals surface area contributed by atoms with Crippen molar-refractivity contribution in [3.63, 3.8) is 0 Å². The van der Waals surface area contributed by atoms with Crippen molar-refractivity contribution in [3.05, 3.63) is 66.3 Å². The van der Waals surface area contributed by atoms with Crippen molar-refractivity contribution < 1.29 is 9.59 Å². The van der Waals surface area contributed by atoms with Gasteiger partial charge in [-0.15, -0.1) is 6.58 Å². The number of likely N-dealkylation sites (N-methyl/N-ethyl adjacent to an activating group) is 1. The lowest BCUT2D eigenvalue weighted by Crippen LogP contribution is -2.30. The van der Waals surface area contributed by atoms with E-state index in [4.69, 9.17) is 0 Å². The normalized spacial score (nSPS) is 10.8. The number of hydrogen-bond donors (Lipinski definition) is 1. The van der Waals surface area contributed by atoms with Gasteiger partial charge in [0, 0.05) is 29.9 Å². The molecule has 122 valence electrons. The number of benzene rings is 1. The second kappa shape index (κ2) is 8.73. The highest BCUT2D eigenvalue weighted by atomic mass is 16.2. The average Bonchev–Trinajstić information content (AvgIpc) is 2.58. The Kier molecular flexibility index (Phi) is 7.00. The van der Waals surface area contributed by atoms with E-state index in [1.165, 1.54) is 0 Å². The predicted molar refractivity (Wildman–Crippen MR) is 95.4 cm³/mol. The molecular formula is C19H24N2O2. The Morgan fingerprint density at radius 1 is 1.26 bits per heavy atom. The van der Waals surface area contributed by atoms with Crippen molar-refractivity contribution in [2.75, 3.05) is 18.4 Å². The number of rotatable bonds is 7. The van der Waals surface area contributed by atoms with Crippen LogP contribution in [0.5, 0.6) is 0 Å². The number of carbonyl (C=O) groups excluding carboxylic acids is 2. The van der Waals surface area contributed by atoms with Crippen molar-refractivity contribution in [2.45, 2.75) is 20.8 Å². The van der Waals surface area contributed by atoms with Gasteiger partial charge in [0.1, 0.15) is 0 Å². The second-order valence-corrected chi connectivity index (χ2v) is 5.11. The Morgan fingerprint density at radius 2 is 1.87 bits per heavy atom. The Labute approximate surface area is 138 Å². The zero-order valence-electron chi connectivity index (χ0n) is 14.1. The van der Waals surface area contributed by atoms with Crippen molar-refractivity contribution in [3.8, 4) is 0 Å². The maximum Gasteiger partial charge on any atom is 0.255 e. The summed E-state index contributed by atoms with van der Waals surface area (Å²) in [6.07, 6.45) is 3.54. The molecule has 0 aliphatic rings. The fourth-order valence-corrected chi connectivity index (χ4v) is 1.95. The molecule has 0 unspecified atom stereocenters. The summed E-state index contributed by atoms with van der Waals surface area (Å²) in [6.45, 7) is 14.2. The maximum atomic E-state index is 12.3. The zero-order valence-corrected chi connectivity index (χ0v) is 14.1. The zero-order chi connectivity index (χ0) is 17.4. The first-order chi connectivity index (χ1) is 10.9. The van der Waals surface area contributed by atoms with Crippen LogP contribution in [0.15, 0.2) is 60.7 Å². The van der Waals surface area contributed by atoms with Crippen molar-refractivity contribution in [1.29, 1.82) is 0 Å². The molecule has 0 aromatic heterocycles. The molecule has 0 saturated carbocycles. The molecule has 0 fully saturated rings. The molecule has 0 atom stereocenters. The number of carbonyl (C=O) groups is 2. The highest BCUT2D eigenvalue weighted by Gasteiger charge is 2.13. The first-order valence-corrected chi connectivity index (χ1v) is 7.58. The van der Waals surface area contributed by atoms with Crippen LogP contribution in [-0.2, 0) is 4.79 Å². The second-order valence-electron chi connectivity index (χ2n) is 5.11. The van der Waals surface area contributed by atoms with Gasteiger partial charge in [0.15, 0.2) is 0 Å². The molecule has 1 rings (SSSR count). The fourth-order valence-electron chi connectivity index (χ4n) is 1.95. The molecule has 0 aliphatic heterocycles. The van der Waals surface area contributed by atoms with Crippen molar-refractivity contribution in [2.24, 2.45) is 0 Å². The van der Waals surface area contributed by atoms with Gasteiger partial charge in [-0.05, 0) is 50.6 Å². The summed E-state index contributed by atoms with van der Waals surface area (Å²) < 4.78 is 0. The van der Waals surface area contributed by atoms with Crippen LogP contribution in [-0.4, -0.2) is 29.8 Å². The molecule has 0 spiro atoms. The van der Waals surface area contributed by atoms with E-state index >= 15 is 0 Å². The fraction of sp³-hybridized carbons (Fsp3) is 0.263. The maximum absolute atomic E-state index is 12.3. The monoisotopic (exact) mass is 312 g/mol. The predicted octanol–water partition coefficient (Wildman–Crippen LogP) is 3.80. The molecule has 0 heterocycles. The Bertz CT molecular complexity index is 627. The smallest absolute Gasteiger partial charge is 0.255 e. The van der Waals surface area contributed by atoms with Crippen LogP contribution in [0, 0.1) is 0 Å². The first-order valence-electron chi connectivity index (χ1n) is 7.58. The molecule has 0 aliphatic carbocycles. The van der Waals surface area contributed by atoms with Gasteiger partial charge in [0.05, 0.1) is 0 Å². The lowest BCUT2D eigenvalue weighted by molar-refractivity contribution is -0.112. The largest absolute Gasteiger partial charge is 0.335 e. The average molecular weight is 312 g/mol. The van der Waals surface area contributed by atoms with Gasteiger partial charge in [-0.3, -0.25) is 9.59 Å². The highest BCUT2D eigenvalue weighted by Crippen LogP contribution is 2.14. The molecule has 1 aromatic rings. The summed E-state index contributed by atoms with van der Waals surface area (Å²) in [7, 11) is 0. The number of hydrogen-bond acceptors (Lipinski definition) is 2. The molecule has 0 saturated heterocycles. The van der Waals surface area contributed by atoms with Crippen molar-refractivity contribution >= 4 is 17.5 Å². The minimum atomic E-state index is -0.249. The van der Waals surface area contributed by atoms with Gasteiger partial charge >= 0.3 is 0 Å². The van der Waals surface area contributed by atoms with Gasteiger partial charge in [-0.1, -0.05) is 18.7 Å². The summed E-state index contributed by atoms with van der Waals surface area (Å²) >= 11 is 0. The first kappa shape index (κ1) is 18.4. The minimum absolute atomic E-state index is 0.0561. The van der Waals surface area contributed by atoms with Gasteiger partial charge in [-0.25, -0.2) is 0 Å². The van der Waals surface area contributed by atoms with Crippen molar-refractivity contribution in [1.82, 2.24) is 4.90 Å². The van der Waals surface area contributed by atoms with Crippen LogP contribution < -0.4 is 5.32 Å². The number of nitrogens with one attached hydrogen (secondary N) is 1. The van der Waals surface area contributed by atoms with Crippen LogP contribution in [0.1, 0.15) is 31.1 Å². The number of anilines is 1. The highest BCUT2D eigenvalue weighted by molar-refractivity contribution is 6.06. The SMILES string of the molecule is C=CCN(CC)C(=O)c1ccc(NC(=O)C(=C)/C(C)=C\C)cc1. The van der Waals surface area contributed by atoms with E-state index in [-0.39, 0.29) is 11.8 Å². The van der Waals surface area contributed by atoms with Crippen LogP contribution in [0.3, 0.4) is 0 Å². The van der Waals surface area contributed by atoms with Crippen LogP contribution >= 0.6 is 0 Å². The summed E-state index contributed by atoms with van der Waals surface area (Å²) in [6, 6.07) is 6.83. The third-order valence-corrected chi connectivity index (χ3v) is 3.59. The molecule has 1 aromatic carbocycles. The Hall–Kier alpha value is -2.62.